The molecule has 35 heavy (non-hydrogen) atoms. The van der Waals surface area contributed by atoms with Gasteiger partial charge in [-0.1, -0.05) is 0 Å². The molecule has 216 valence electrons. The van der Waals surface area contributed by atoms with Crippen molar-refractivity contribution in [3.8, 4) is 0 Å². The fourth-order valence-electron chi connectivity index (χ4n) is 1.85. The first-order valence-electron chi connectivity index (χ1n) is 10.9. The van der Waals surface area contributed by atoms with Gasteiger partial charge >= 0.3 is 26.9 Å². The maximum absolute atomic E-state index is 5.55. The monoisotopic (exact) mass is 678 g/mol. The first-order valence-corrected chi connectivity index (χ1v) is 21.1. The van der Waals surface area contributed by atoms with Crippen LogP contribution in [-0.4, -0.2) is 52.9 Å². The highest BCUT2D eigenvalue weighted by Gasteiger charge is 2.33. The Morgan fingerprint density at radius 1 is 0.343 bits per heavy atom. The van der Waals surface area contributed by atoms with Gasteiger partial charge in [0, 0.05) is 0 Å². The molecule has 19 heteroatoms. The molecule has 0 aromatic heterocycles. The zero-order valence-electron chi connectivity index (χ0n) is 21.7. The van der Waals surface area contributed by atoms with Crippen LogP contribution in [0.2, 0.25) is 0 Å². The van der Waals surface area contributed by atoms with E-state index in [2.05, 4.69) is 0 Å². The van der Waals surface area contributed by atoms with Gasteiger partial charge in [-0.15, -0.1) is 0 Å². The molecule has 0 aliphatic rings. The van der Waals surface area contributed by atoms with Crippen LogP contribution in [0.15, 0.2) is 0 Å². The van der Waals surface area contributed by atoms with Crippen LogP contribution in [0.25, 0.3) is 0 Å². The lowest BCUT2D eigenvalue weighted by molar-refractivity contribution is 0.174. The summed E-state index contributed by atoms with van der Waals surface area (Å²) in [5.74, 6) is 0. The van der Waals surface area contributed by atoms with Crippen LogP contribution in [0.4, 0.5) is 0 Å². The Kier molecular flexibility index (Phi) is 27.9. The third kappa shape index (κ3) is 20.1. The normalized spacial score (nSPS) is 12.6. The zero-order chi connectivity index (χ0) is 26.7. The molecule has 0 saturated carbocycles. The van der Waals surface area contributed by atoms with E-state index < -0.39 is 26.9 Å². The maximum atomic E-state index is 5.55. The first-order chi connectivity index (χ1) is 15.9. The molecule has 0 unspecified atom stereocenters. The largest absolute Gasteiger partial charge is 0.334 e. The van der Waals surface area contributed by atoms with Crippen molar-refractivity contribution >= 4 is 87.6 Å². The molecule has 0 aliphatic heterocycles. The highest BCUT2D eigenvalue weighted by atomic mass is 32.5. The molecule has 0 aromatic rings. The quantitative estimate of drug-likeness (QED) is 0.121. The summed E-state index contributed by atoms with van der Waals surface area (Å²) in [4.78, 5) is 0. The molecule has 0 radical (unpaired) electrons. The van der Waals surface area contributed by atoms with E-state index >= 15 is 0 Å². The Balaban J connectivity index is -0.000000569. The van der Waals surface area contributed by atoms with Gasteiger partial charge in [0.05, 0.1) is 52.9 Å². The van der Waals surface area contributed by atoms with Gasteiger partial charge in [0.2, 0.25) is 0 Å². The van der Waals surface area contributed by atoms with Crippen molar-refractivity contribution in [3.05, 3.63) is 0 Å². The molecule has 0 rings (SSSR count). The van der Waals surface area contributed by atoms with Gasteiger partial charge in [-0.25, -0.2) is 8.62 Å². The molecule has 0 aliphatic carbocycles. The van der Waals surface area contributed by atoms with Gasteiger partial charge in [-0.2, -0.15) is 13.5 Å². The second kappa shape index (κ2) is 23.3. The van der Waals surface area contributed by atoms with Crippen LogP contribution in [-0.2, 0) is 92.0 Å². The minimum Gasteiger partial charge on any atom is -0.309 e. The van der Waals surface area contributed by atoms with Crippen LogP contribution in [0.1, 0.15) is 55.4 Å². The fourth-order valence-corrected chi connectivity index (χ4v) is 14.6. The molecular weight excluding hydrogens is 636 g/mol. The van der Waals surface area contributed by atoms with Crippen molar-refractivity contribution in [2.75, 3.05) is 52.9 Å². The summed E-state index contributed by atoms with van der Waals surface area (Å²) < 4.78 is 53.8. The number of rotatable bonds is 20. The predicted molar refractivity (Wildman–Crippen MR) is 163 cm³/mol. The summed E-state index contributed by atoms with van der Waals surface area (Å²) in [5.41, 5.74) is 0. The fraction of sp³-hybridized carbons (Fsp3) is 1.00. The summed E-state index contributed by atoms with van der Waals surface area (Å²) in [7, 11) is 0. The van der Waals surface area contributed by atoms with Crippen LogP contribution >= 0.6 is 40.4 Å². The van der Waals surface area contributed by atoms with Gasteiger partial charge in [-0.05, 0) is 103 Å². The van der Waals surface area contributed by atoms with E-state index in [-0.39, 0.29) is 13.5 Å². The molecule has 0 atom stereocenters. The predicted octanol–water partition coefficient (Wildman–Crippen LogP) is 7.31. The summed E-state index contributed by atoms with van der Waals surface area (Å²) in [6.45, 7) is 6.17. The van der Waals surface area contributed by atoms with Gasteiger partial charge in [0.15, 0.2) is 0 Å². The molecule has 0 spiro atoms. The molecule has 0 fully saturated rings. The van der Waals surface area contributed by atoms with Crippen LogP contribution < -0.4 is 0 Å². The second-order valence-corrected chi connectivity index (χ2v) is 17.6. The Morgan fingerprint density at radius 2 is 0.457 bits per heavy atom. The third-order valence-electron chi connectivity index (χ3n) is 2.70. The lowest BCUT2D eigenvalue weighted by Gasteiger charge is -2.27. The van der Waals surface area contributed by atoms with E-state index in [1.54, 1.807) is 0 Å². The van der Waals surface area contributed by atoms with Crippen LogP contribution in [0, 0.1) is 0 Å². The first kappa shape index (κ1) is 42.0. The highest BCUT2D eigenvalue weighted by Crippen LogP contribution is 2.67. The zero-order valence-corrected chi connectivity index (χ0v) is 29.5. The van der Waals surface area contributed by atoms with Crippen molar-refractivity contribution in [2.24, 2.45) is 0 Å². The molecule has 10 nitrogen and oxygen atoms in total. The van der Waals surface area contributed by atoms with Crippen LogP contribution in [0.3, 0.4) is 0 Å². The van der Waals surface area contributed by atoms with E-state index in [0.29, 0.717) is 52.9 Å². The van der Waals surface area contributed by atoms with Gasteiger partial charge in [0.25, 0.3) is 0 Å². The molecule has 0 aromatic carbocycles. The van der Waals surface area contributed by atoms with Crippen molar-refractivity contribution in [2.45, 2.75) is 55.4 Å². The molecule has 0 saturated heterocycles. The van der Waals surface area contributed by atoms with Crippen molar-refractivity contribution in [1.82, 2.24) is 0 Å². The summed E-state index contributed by atoms with van der Waals surface area (Å²) >= 11 is 20.9. The smallest absolute Gasteiger partial charge is 0.309 e. The van der Waals surface area contributed by atoms with E-state index in [4.69, 9.17) is 92.0 Å². The van der Waals surface area contributed by atoms with E-state index in [0.717, 1.165) is 0 Å². The van der Waals surface area contributed by atoms with Crippen LogP contribution in [0.5, 0.6) is 0 Å². The number of hydrogen-bond donors (Lipinski definition) is 0. The van der Waals surface area contributed by atoms with Gasteiger partial charge < -0.3 is 36.2 Å². The lowest BCUT2D eigenvalue weighted by Crippen LogP contribution is -2.03. The van der Waals surface area contributed by atoms with E-state index in [9.17, 15) is 0 Å². The summed E-state index contributed by atoms with van der Waals surface area (Å²) in [5, 5.41) is 0. The average Bonchev–Trinajstić information content (AvgIpc) is 2.69. The Bertz CT molecular complexity index is 564. The summed E-state index contributed by atoms with van der Waals surface area (Å²) in [6.07, 6.45) is 0. The average molecular weight is 679 g/mol. The summed E-state index contributed by atoms with van der Waals surface area (Å²) in [6, 6.07) is 0. The molecular formula is C16H42O10P4S5. The topological polar surface area (TPSA) is 92.3 Å². The number of hydrogen-bond acceptors (Lipinski definition) is 14. The van der Waals surface area contributed by atoms with Gasteiger partial charge in [-0.3, -0.25) is 0 Å². The minimum atomic E-state index is -2.87. The van der Waals surface area contributed by atoms with Gasteiger partial charge in [0.1, 0.15) is 0 Å². The lowest BCUT2D eigenvalue weighted by atomic mass is 10.9. The second-order valence-electron chi connectivity index (χ2n) is 5.29. The van der Waals surface area contributed by atoms with Crippen molar-refractivity contribution < 1.29 is 44.8 Å². The van der Waals surface area contributed by atoms with E-state index in [1.165, 1.54) is 0 Å². The molecule has 0 bridgehead atoms. The SMILES string of the molecule is CCOP(=S)(OCC)OP(=S)(OCC)OCC.CCOP(=S)(OCC)OP(=S)(OCC)OCC.S. The molecule has 0 heterocycles. The Labute approximate surface area is 239 Å². The standard InChI is InChI=1S/2C8H20O5P2S2.H2S/c2*1-5-9-14(16,10-6-2)13-15(17,11-7-3)12-8-4;/h2*5-8H2,1-4H3;1H2. The maximum Gasteiger partial charge on any atom is 0.334 e. The Morgan fingerprint density at radius 3 is 0.543 bits per heavy atom. The highest BCUT2D eigenvalue weighted by molar-refractivity contribution is 8.15. The molecule has 0 amide bonds. The third-order valence-corrected chi connectivity index (χ3v) is 15.4. The van der Waals surface area contributed by atoms with E-state index in [1.807, 2.05) is 55.4 Å². The minimum absolute atomic E-state index is 0. The van der Waals surface area contributed by atoms with Crippen molar-refractivity contribution in [3.63, 3.8) is 0 Å². The van der Waals surface area contributed by atoms with Crippen molar-refractivity contribution in [1.29, 1.82) is 0 Å². The Hall–Kier alpha value is 2.55. The molecule has 0 N–H and O–H groups in total.